The Hall–Kier alpha value is -0.830. The molecule has 1 N–H and O–H groups in total. The van der Waals surface area contributed by atoms with Crippen molar-refractivity contribution in [3.05, 3.63) is 18.0 Å². The number of aromatic nitrogens is 2. The summed E-state index contributed by atoms with van der Waals surface area (Å²) < 4.78 is 2.03. The average Bonchev–Trinajstić information content (AvgIpc) is 2.89. The van der Waals surface area contributed by atoms with Crippen LogP contribution in [0.25, 0.3) is 0 Å². The summed E-state index contributed by atoms with van der Waals surface area (Å²) in [5.74, 6) is 0. The minimum absolute atomic E-state index is 0.396. The van der Waals surface area contributed by atoms with Crippen LogP contribution in [0.15, 0.2) is 12.4 Å². The molecular weight excluding hydrogens is 234 g/mol. The molecule has 0 aliphatic heterocycles. The second-order valence-corrected chi connectivity index (χ2v) is 5.62. The van der Waals surface area contributed by atoms with E-state index in [2.05, 4.69) is 44.3 Å². The molecule has 1 aromatic rings. The molecule has 0 spiro atoms. The van der Waals surface area contributed by atoms with Crippen molar-refractivity contribution >= 4 is 0 Å². The van der Waals surface area contributed by atoms with E-state index < -0.39 is 0 Å². The van der Waals surface area contributed by atoms with E-state index >= 15 is 0 Å². The van der Waals surface area contributed by atoms with E-state index in [1.807, 2.05) is 10.9 Å². The molecule has 0 radical (unpaired) electrons. The minimum atomic E-state index is 0.396. The van der Waals surface area contributed by atoms with E-state index in [0.29, 0.717) is 5.41 Å². The molecule has 0 aliphatic rings. The van der Waals surface area contributed by atoms with Crippen molar-refractivity contribution in [3.63, 3.8) is 0 Å². The standard InChI is InChI=1S/C16H31N3/c1-5-9-10-16(6-2,14-17-7-3)11-15-12-18-19(8-4)13-15/h12-13,17H,5-11,14H2,1-4H3. The smallest absolute Gasteiger partial charge is 0.0521 e. The first-order valence-electron chi connectivity index (χ1n) is 7.91. The molecule has 0 aliphatic carbocycles. The fourth-order valence-electron chi connectivity index (χ4n) is 2.71. The summed E-state index contributed by atoms with van der Waals surface area (Å²) in [6.45, 7) is 12.1. The number of hydrogen-bond acceptors (Lipinski definition) is 2. The van der Waals surface area contributed by atoms with Gasteiger partial charge in [-0.3, -0.25) is 4.68 Å². The number of nitrogens with one attached hydrogen (secondary N) is 1. The highest BCUT2D eigenvalue weighted by Crippen LogP contribution is 2.32. The molecule has 3 heteroatoms. The van der Waals surface area contributed by atoms with Crippen molar-refractivity contribution in [2.24, 2.45) is 5.41 Å². The number of rotatable bonds is 10. The highest BCUT2D eigenvalue weighted by Gasteiger charge is 2.27. The van der Waals surface area contributed by atoms with Crippen LogP contribution in [0.2, 0.25) is 0 Å². The molecule has 0 saturated carbocycles. The zero-order chi connectivity index (χ0) is 14.1. The summed E-state index contributed by atoms with van der Waals surface area (Å²) in [6, 6.07) is 0. The van der Waals surface area contributed by atoms with Crippen molar-refractivity contribution in [3.8, 4) is 0 Å². The van der Waals surface area contributed by atoms with E-state index in [1.54, 1.807) is 0 Å². The zero-order valence-corrected chi connectivity index (χ0v) is 13.2. The molecule has 1 heterocycles. The Bertz CT molecular complexity index is 336. The monoisotopic (exact) mass is 265 g/mol. The molecule has 1 atom stereocenters. The Balaban J connectivity index is 2.75. The summed E-state index contributed by atoms with van der Waals surface area (Å²) >= 11 is 0. The summed E-state index contributed by atoms with van der Waals surface area (Å²) in [7, 11) is 0. The lowest BCUT2D eigenvalue weighted by molar-refractivity contribution is 0.230. The maximum atomic E-state index is 4.41. The SMILES string of the molecule is CCCCC(CC)(CNCC)Cc1cnn(CC)c1. The predicted octanol–water partition coefficient (Wildman–Crippen LogP) is 3.64. The van der Waals surface area contributed by atoms with Gasteiger partial charge < -0.3 is 5.32 Å². The van der Waals surface area contributed by atoms with E-state index in [-0.39, 0.29) is 0 Å². The lowest BCUT2D eigenvalue weighted by Crippen LogP contribution is -2.35. The van der Waals surface area contributed by atoms with Gasteiger partial charge in [-0.1, -0.05) is 33.6 Å². The third kappa shape index (κ3) is 4.98. The molecule has 110 valence electrons. The van der Waals surface area contributed by atoms with Gasteiger partial charge in [0.15, 0.2) is 0 Å². The summed E-state index contributed by atoms with van der Waals surface area (Å²) in [5, 5.41) is 7.97. The van der Waals surface area contributed by atoms with Crippen LogP contribution < -0.4 is 5.32 Å². The Morgan fingerprint density at radius 3 is 2.58 bits per heavy atom. The van der Waals surface area contributed by atoms with Gasteiger partial charge in [-0.05, 0) is 43.7 Å². The first-order chi connectivity index (χ1) is 9.19. The Labute approximate surface area is 118 Å². The van der Waals surface area contributed by atoms with Gasteiger partial charge in [-0.15, -0.1) is 0 Å². The highest BCUT2D eigenvalue weighted by molar-refractivity contribution is 5.08. The van der Waals surface area contributed by atoms with E-state index in [4.69, 9.17) is 0 Å². The van der Waals surface area contributed by atoms with Gasteiger partial charge in [0.05, 0.1) is 6.20 Å². The van der Waals surface area contributed by atoms with Crippen molar-refractivity contribution in [1.82, 2.24) is 15.1 Å². The summed E-state index contributed by atoms with van der Waals surface area (Å²) in [6.07, 6.45) is 10.6. The molecule has 0 saturated heterocycles. The average molecular weight is 265 g/mol. The van der Waals surface area contributed by atoms with E-state index in [1.165, 1.54) is 31.2 Å². The van der Waals surface area contributed by atoms with Crippen LogP contribution in [0.5, 0.6) is 0 Å². The van der Waals surface area contributed by atoms with Crippen molar-refractivity contribution in [2.45, 2.75) is 66.3 Å². The second kappa shape index (κ2) is 8.36. The number of aryl methyl sites for hydroxylation is 1. The molecule has 0 aromatic carbocycles. The first-order valence-corrected chi connectivity index (χ1v) is 7.91. The maximum Gasteiger partial charge on any atom is 0.0521 e. The molecule has 1 unspecified atom stereocenters. The van der Waals surface area contributed by atoms with Gasteiger partial charge in [-0.2, -0.15) is 5.10 Å². The van der Waals surface area contributed by atoms with Crippen LogP contribution in [0, 0.1) is 5.41 Å². The lowest BCUT2D eigenvalue weighted by atomic mass is 9.75. The van der Waals surface area contributed by atoms with Gasteiger partial charge >= 0.3 is 0 Å². The lowest BCUT2D eigenvalue weighted by Gasteiger charge is -2.33. The van der Waals surface area contributed by atoms with Crippen LogP contribution in [0.3, 0.4) is 0 Å². The zero-order valence-electron chi connectivity index (χ0n) is 13.2. The normalized spacial score (nSPS) is 14.5. The van der Waals surface area contributed by atoms with Gasteiger partial charge in [0.25, 0.3) is 0 Å². The Kier molecular flexibility index (Phi) is 7.14. The molecule has 0 fully saturated rings. The molecule has 0 bridgehead atoms. The molecular formula is C16H31N3. The van der Waals surface area contributed by atoms with Crippen LogP contribution in [0.1, 0.15) is 58.9 Å². The predicted molar refractivity (Wildman–Crippen MR) is 82.4 cm³/mol. The van der Waals surface area contributed by atoms with Crippen LogP contribution in [0.4, 0.5) is 0 Å². The van der Waals surface area contributed by atoms with Gasteiger partial charge in [0.2, 0.25) is 0 Å². The third-order valence-corrected chi connectivity index (χ3v) is 4.15. The largest absolute Gasteiger partial charge is 0.316 e. The van der Waals surface area contributed by atoms with Crippen molar-refractivity contribution in [2.75, 3.05) is 13.1 Å². The minimum Gasteiger partial charge on any atom is -0.316 e. The first kappa shape index (κ1) is 16.2. The molecule has 0 amide bonds. The van der Waals surface area contributed by atoms with Gasteiger partial charge in [-0.25, -0.2) is 0 Å². The Morgan fingerprint density at radius 1 is 1.26 bits per heavy atom. The summed E-state index contributed by atoms with van der Waals surface area (Å²) in [4.78, 5) is 0. The fraction of sp³-hybridized carbons (Fsp3) is 0.812. The third-order valence-electron chi connectivity index (χ3n) is 4.15. The highest BCUT2D eigenvalue weighted by atomic mass is 15.3. The second-order valence-electron chi connectivity index (χ2n) is 5.62. The van der Waals surface area contributed by atoms with Crippen molar-refractivity contribution < 1.29 is 0 Å². The topological polar surface area (TPSA) is 29.9 Å². The van der Waals surface area contributed by atoms with Crippen LogP contribution in [-0.2, 0) is 13.0 Å². The summed E-state index contributed by atoms with van der Waals surface area (Å²) in [5.41, 5.74) is 1.78. The molecule has 3 nitrogen and oxygen atoms in total. The van der Waals surface area contributed by atoms with E-state index in [9.17, 15) is 0 Å². The van der Waals surface area contributed by atoms with E-state index in [0.717, 1.165) is 26.1 Å². The maximum absolute atomic E-state index is 4.41. The Morgan fingerprint density at radius 2 is 2.05 bits per heavy atom. The molecule has 1 rings (SSSR count). The number of hydrogen-bond donors (Lipinski definition) is 1. The fourth-order valence-corrected chi connectivity index (χ4v) is 2.71. The molecule has 19 heavy (non-hydrogen) atoms. The van der Waals surface area contributed by atoms with Crippen LogP contribution >= 0.6 is 0 Å². The van der Waals surface area contributed by atoms with Crippen LogP contribution in [-0.4, -0.2) is 22.9 Å². The number of nitrogens with zero attached hydrogens (tertiary/aromatic N) is 2. The molecule has 1 aromatic heterocycles. The quantitative estimate of drug-likeness (QED) is 0.700. The number of unbranched alkanes of at least 4 members (excludes halogenated alkanes) is 1. The van der Waals surface area contributed by atoms with Gasteiger partial charge in [0, 0.05) is 19.3 Å². The van der Waals surface area contributed by atoms with Crippen molar-refractivity contribution in [1.29, 1.82) is 0 Å². The van der Waals surface area contributed by atoms with Gasteiger partial charge in [0.1, 0.15) is 0 Å².